The van der Waals surface area contributed by atoms with E-state index in [0.717, 1.165) is 25.9 Å². The molecule has 1 aromatic heterocycles. The van der Waals surface area contributed by atoms with Crippen LogP contribution in [0.3, 0.4) is 0 Å². The maximum absolute atomic E-state index is 12.3. The van der Waals surface area contributed by atoms with E-state index in [1.54, 1.807) is 22.3 Å². The van der Waals surface area contributed by atoms with Gasteiger partial charge in [-0.1, -0.05) is 0 Å². The zero-order valence-electron chi connectivity index (χ0n) is 15.3. The summed E-state index contributed by atoms with van der Waals surface area (Å²) in [5.41, 5.74) is 0.736. The SMILES string of the molecule is Cl.O=C(NCC(F)(F)F)c1ccc(NC(=O)c2ccn(C3CCCNC3)n2)cc1. The minimum absolute atomic E-state index is 0. The topological polar surface area (TPSA) is 88.0 Å². The Morgan fingerprint density at radius 1 is 1.17 bits per heavy atom. The van der Waals surface area contributed by atoms with Gasteiger partial charge in [-0.25, -0.2) is 0 Å². The molecular formula is C18H21ClF3N5O2. The minimum Gasteiger partial charge on any atom is -0.343 e. The van der Waals surface area contributed by atoms with Crippen LogP contribution in [0.1, 0.15) is 39.7 Å². The molecule has 29 heavy (non-hydrogen) atoms. The van der Waals surface area contributed by atoms with Crippen LogP contribution in [0.5, 0.6) is 0 Å². The van der Waals surface area contributed by atoms with Gasteiger partial charge in [0.2, 0.25) is 0 Å². The summed E-state index contributed by atoms with van der Waals surface area (Å²) in [6.07, 6.45) is -0.663. The van der Waals surface area contributed by atoms with Gasteiger partial charge in [0.25, 0.3) is 11.8 Å². The molecule has 3 N–H and O–H groups in total. The lowest BCUT2D eigenvalue weighted by Gasteiger charge is -2.22. The van der Waals surface area contributed by atoms with Crippen LogP contribution in [0.4, 0.5) is 18.9 Å². The number of benzene rings is 1. The molecule has 1 aromatic carbocycles. The highest BCUT2D eigenvalue weighted by Crippen LogP contribution is 2.17. The van der Waals surface area contributed by atoms with Crippen LogP contribution in [0, 0.1) is 0 Å². The van der Waals surface area contributed by atoms with E-state index in [1.807, 2.05) is 0 Å². The first-order chi connectivity index (χ1) is 13.3. The van der Waals surface area contributed by atoms with Gasteiger partial charge in [0.15, 0.2) is 5.69 Å². The molecule has 1 atom stereocenters. The number of nitrogens with one attached hydrogen (secondary N) is 3. The van der Waals surface area contributed by atoms with Crippen LogP contribution in [0.25, 0.3) is 0 Å². The number of aromatic nitrogens is 2. The third-order valence-corrected chi connectivity index (χ3v) is 4.34. The Kier molecular flexibility index (Phi) is 7.63. The fourth-order valence-electron chi connectivity index (χ4n) is 2.90. The Bertz CT molecular complexity index is 833. The highest BCUT2D eigenvalue weighted by molar-refractivity contribution is 6.03. The molecule has 1 aliphatic rings. The fourth-order valence-corrected chi connectivity index (χ4v) is 2.90. The summed E-state index contributed by atoms with van der Waals surface area (Å²) in [6.45, 7) is 0.388. The Balaban J connectivity index is 0.00000300. The van der Waals surface area contributed by atoms with Crippen molar-refractivity contribution < 1.29 is 22.8 Å². The summed E-state index contributed by atoms with van der Waals surface area (Å²) in [5.74, 6) is -1.24. The van der Waals surface area contributed by atoms with Gasteiger partial charge in [0, 0.05) is 24.0 Å². The van der Waals surface area contributed by atoms with Crippen molar-refractivity contribution >= 4 is 29.9 Å². The van der Waals surface area contributed by atoms with Crippen LogP contribution in [-0.2, 0) is 0 Å². The zero-order valence-corrected chi connectivity index (χ0v) is 16.1. The minimum atomic E-state index is -4.47. The number of rotatable bonds is 5. The molecular weight excluding hydrogens is 411 g/mol. The van der Waals surface area contributed by atoms with E-state index in [2.05, 4.69) is 15.7 Å². The molecule has 0 radical (unpaired) electrons. The highest BCUT2D eigenvalue weighted by Gasteiger charge is 2.27. The zero-order chi connectivity index (χ0) is 20.1. The number of hydrogen-bond donors (Lipinski definition) is 3. The maximum Gasteiger partial charge on any atom is 0.405 e. The molecule has 0 saturated carbocycles. The van der Waals surface area contributed by atoms with Crippen molar-refractivity contribution in [3.8, 4) is 0 Å². The summed E-state index contributed by atoms with van der Waals surface area (Å²) < 4.78 is 38.2. The molecule has 7 nitrogen and oxygen atoms in total. The summed E-state index contributed by atoms with van der Waals surface area (Å²) in [5, 5.41) is 12.0. The summed E-state index contributed by atoms with van der Waals surface area (Å²) in [6, 6.07) is 7.42. The Labute approximate surface area is 171 Å². The van der Waals surface area contributed by atoms with Gasteiger partial charge in [0.05, 0.1) is 6.04 Å². The fraction of sp³-hybridized carbons (Fsp3) is 0.389. The van der Waals surface area contributed by atoms with Crippen molar-refractivity contribution in [2.45, 2.75) is 25.1 Å². The van der Waals surface area contributed by atoms with Crippen LogP contribution in [-0.4, -0.2) is 47.4 Å². The molecule has 0 aliphatic carbocycles. The predicted molar refractivity (Wildman–Crippen MR) is 103 cm³/mol. The third-order valence-electron chi connectivity index (χ3n) is 4.34. The van der Waals surface area contributed by atoms with Gasteiger partial charge in [-0.3, -0.25) is 14.3 Å². The second kappa shape index (κ2) is 9.75. The maximum atomic E-state index is 12.3. The molecule has 1 saturated heterocycles. The summed E-state index contributed by atoms with van der Waals surface area (Å²) in [4.78, 5) is 24.0. The van der Waals surface area contributed by atoms with Crippen molar-refractivity contribution in [3.63, 3.8) is 0 Å². The molecule has 1 aliphatic heterocycles. The van der Waals surface area contributed by atoms with Crippen molar-refractivity contribution in [2.75, 3.05) is 25.0 Å². The molecule has 2 aromatic rings. The highest BCUT2D eigenvalue weighted by atomic mass is 35.5. The molecule has 3 rings (SSSR count). The van der Waals surface area contributed by atoms with Crippen molar-refractivity contribution in [3.05, 3.63) is 47.8 Å². The Hall–Kier alpha value is -2.59. The van der Waals surface area contributed by atoms with E-state index in [4.69, 9.17) is 0 Å². The monoisotopic (exact) mass is 431 g/mol. The van der Waals surface area contributed by atoms with Gasteiger partial charge < -0.3 is 16.0 Å². The summed E-state index contributed by atoms with van der Waals surface area (Å²) >= 11 is 0. The Morgan fingerprint density at radius 2 is 1.90 bits per heavy atom. The predicted octanol–water partition coefficient (Wildman–Crippen LogP) is 2.77. The second-order valence-corrected chi connectivity index (χ2v) is 6.51. The van der Waals surface area contributed by atoms with Crippen LogP contribution < -0.4 is 16.0 Å². The van der Waals surface area contributed by atoms with Gasteiger partial charge in [-0.2, -0.15) is 18.3 Å². The van der Waals surface area contributed by atoms with Crippen molar-refractivity contribution in [1.29, 1.82) is 0 Å². The molecule has 0 bridgehead atoms. The molecule has 11 heteroatoms. The number of amides is 2. The summed E-state index contributed by atoms with van der Waals surface area (Å²) in [7, 11) is 0. The van der Waals surface area contributed by atoms with E-state index in [9.17, 15) is 22.8 Å². The van der Waals surface area contributed by atoms with Crippen LogP contribution in [0.2, 0.25) is 0 Å². The molecule has 158 valence electrons. The normalized spacial score (nSPS) is 16.6. The van der Waals surface area contributed by atoms with Crippen molar-refractivity contribution in [1.82, 2.24) is 20.4 Å². The van der Waals surface area contributed by atoms with E-state index in [-0.39, 0.29) is 29.7 Å². The molecule has 1 unspecified atom stereocenters. The number of nitrogens with zero attached hydrogens (tertiary/aromatic N) is 2. The van der Waals surface area contributed by atoms with E-state index >= 15 is 0 Å². The van der Waals surface area contributed by atoms with Gasteiger partial charge in [-0.05, 0) is 49.7 Å². The van der Waals surface area contributed by atoms with Crippen molar-refractivity contribution in [2.24, 2.45) is 0 Å². The number of halogens is 4. The first-order valence-corrected chi connectivity index (χ1v) is 8.84. The quantitative estimate of drug-likeness (QED) is 0.679. The number of piperidine rings is 1. The van der Waals surface area contributed by atoms with E-state index < -0.39 is 24.5 Å². The van der Waals surface area contributed by atoms with Gasteiger partial charge in [0.1, 0.15) is 6.54 Å². The number of anilines is 1. The number of carbonyl (C=O) groups is 2. The first kappa shape index (κ1) is 22.7. The van der Waals surface area contributed by atoms with E-state index in [1.165, 1.54) is 24.3 Å². The third kappa shape index (κ3) is 6.47. The van der Waals surface area contributed by atoms with Crippen LogP contribution >= 0.6 is 12.4 Å². The van der Waals surface area contributed by atoms with Gasteiger partial charge in [-0.15, -0.1) is 12.4 Å². The standard InChI is InChI=1S/C18H20F3N5O2.ClH/c19-18(20,21)11-23-16(27)12-3-5-13(6-4-12)24-17(28)15-7-9-26(25-15)14-2-1-8-22-10-14;/h3-7,9,14,22H,1-2,8,10-11H2,(H,23,27)(H,24,28);1H. The molecule has 0 spiro atoms. The lowest BCUT2D eigenvalue weighted by Crippen LogP contribution is -2.33. The number of carbonyl (C=O) groups excluding carboxylic acids is 2. The first-order valence-electron chi connectivity index (χ1n) is 8.84. The molecule has 2 heterocycles. The lowest BCUT2D eigenvalue weighted by atomic mass is 10.1. The smallest absolute Gasteiger partial charge is 0.343 e. The van der Waals surface area contributed by atoms with Crippen LogP contribution in [0.15, 0.2) is 36.5 Å². The van der Waals surface area contributed by atoms with Gasteiger partial charge >= 0.3 is 6.18 Å². The lowest BCUT2D eigenvalue weighted by molar-refractivity contribution is -0.123. The average molecular weight is 432 g/mol. The number of alkyl halides is 3. The largest absolute Gasteiger partial charge is 0.405 e. The molecule has 2 amide bonds. The second-order valence-electron chi connectivity index (χ2n) is 6.51. The Morgan fingerprint density at radius 3 is 2.52 bits per heavy atom. The number of hydrogen-bond acceptors (Lipinski definition) is 4. The average Bonchev–Trinajstić information content (AvgIpc) is 3.17. The molecule has 1 fully saturated rings. The van der Waals surface area contributed by atoms with E-state index in [0.29, 0.717) is 5.69 Å².